The van der Waals surface area contributed by atoms with Crippen LogP contribution in [0.3, 0.4) is 0 Å². The summed E-state index contributed by atoms with van der Waals surface area (Å²) < 4.78 is 80.6. The number of aromatic nitrogens is 4. The number of hydrogen-bond donors (Lipinski definition) is 3. The van der Waals surface area contributed by atoms with Gasteiger partial charge in [0.1, 0.15) is 48.5 Å². The zero-order valence-electron chi connectivity index (χ0n) is 27.1. The second-order valence-electron chi connectivity index (χ2n) is 13.1. The highest BCUT2D eigenvalue weighted by atomic mass is 31.2. The molecule has 0 amide bonds. The molecule has 4 fully saturated rings. The third kappa shape index (κ3) is 7.48. The highest BCUT2D eigenvalue weighted by Crippen LogP contribution is 2.59. The number of anilines is 1. The molecule has 6 heterocycles. The molecule has 0 radical (unpaired) electrons. The second-order valence-corrected chi connectivity index (χ2v) is 17.3. The highest BCUT2D eigenvalue weighted by molar-refractivity contribution is 7.70. The molecule has 268 valence electrons. The molecule has 4 N–H and O–H groups in total. The number of nitrogens with zero attached hydrogens (tertiary/aromatic N) is 4. The fraction of sp³-hybridized carbons (Fsp3) is 0.621. The number of imidazole rings is 1. The van der Waals surface area contributed by atoms with Gasteiger partial charge < -0.3 is 57.7 Å². The Hall–Kier alpha value is -2.41. The Balaban J connectivity index is 0.967. The molecule has 20 heteroatoms. The molecule has 49 heavy (non-hydrogen) atoms. The fourth-order valence-corrected chi connectivity index (χ4v) is 9.64. The van der Waals surface area contributed by atoms with Crippen LogP contribution in [-0.2, 0) is 57.9 Å². The predicted molar refractivity (Wildman–Crippen MR) is 168 cm³/mol. The minimum absolute atomic E-state index is 0.183. The van der Waals surface area contributed by atoms with E-state index in [0.29, 0.717) is 11.2 Å². The highest BCUT2D eigenvalue weighted by Gasteiger charge is 2.58. The fourth-order valence-electron chi connectivity index (χ4n) is 6.42. The van der Waals surface area contributed by atoms with E-state index in [1.807, 2.05) is 30.3 Å². The van der Waals surface area contributed by atoms with E-state index < -0.39 is 95.0 Å². The number of rotatable bonds is 12. The molecule has 10 atom stereocenters. The zero-order chi connectivity index (χ0) is 34.8. The van der Waals surface area contributed by atoms with E-state index in [1.54, 1.807) is 32.3 Å². The molecule has 4 aliphatic heterocycles. The van der Waals surface area contributed by atoms with E-state index >= 15 is 0 Å². The molecular formula is C29H39N5O13P2. The van der Waals surface area contributed by atoms with Crippen molar-refractivity contribution in [2.75, 3.05) is 24.9 Å². The van der Waals surface area contributed by atoms with Crippen molar-refractivity contribution in [2.45, 2.75) is 95.0 Å². The lowest BCUT2D eigenvalue weighted by molar-refractivity contribution is -0.238. The topological polar surface area (TPSA) is 227 Å². The Kier molecular flexibility index (Phi) is 9.27. The van der Waals surface area contributed by atoms with Gasteiger partial charge in [-0.05, 0) is 33.3 Å². The lowest BCUT2D eigenvalue weighted by Gasteiger charge is -2.25. The van der Waals surface area contributed by atoms with Crippen LogP contribution in [-0.4, -0.2) is 103 Å². The quantitative estimate of drug-likeness (QED) is 0.228. The number of hydrogen-bond acceptors (Lipinski definition) is 15. The second kappa shape index (κ2) is 13.0. The van der Waals surface area contributed by atoms with Crippen molar-refractivity contribution >= 4 is 32.2 Å². The van der Waals surface area contributed by atoms with Gasteiger partial charge in [0.15, 0.2) is 41.5 Å². The molecule has 0 bridgehead atoms. The molecule has 4 saturated heterocycles. The number of fused-ring (bicyclic) bond motifs is 3. The van der Waals surface area contributed by atoms with E-state index in [0.717, 1.165) is 5.56 Å². The average molecular weight is 728 g/mol. The summed E-state index contributed by atoms with van der Waals surface area (Å²) in [6.45, 7) is 6.24. The monoisotopic (exact) mass is 727 g/mol. The van der Waals surface area contributed by atoms with Crippen LogP contribution in [0.4, 0.5) is 5.82 Å². The van der Waals surface area contributed by atoms with Gasteiger partial charge in [-0.15, -0.1) is 0 Å². The van der Waals surface area contributed by atoms with Gasteiger partial charge in [-0.25, -0.2) is 15.0 Å². The van der Waals surface area contributed by atoms with Crippen LogP contribution in [0.5, 0.6) is 0 Å². The SMILES string of the molecule is CC1(C)OC2C(COP(=O)(O)CP(=O)(O)OCC3OC(n4cnc5c(N)ncnc54)C4OC(C)(C)OC34)OC(OCc3ccccc3)C2O1. The first-order valence-corrected chi connectivity index (χ1v) is 19.1. The Morgan fingerprint density at radius 2 is 1.43 bits per heavy atom. The summed E-state index contributed by atoms with van der Waals surface area (Å²) in [6.07, 6.45) is -3.38. The van der Waals surface area contributed by atoms with E-state index in [-0.39, 0.29) is 12.4 Å². The third-order valence-electron chi connectivity index (χ3n) is 8.39. The molecule has 0 saturated carbocycles. The van der Waals surface area contributed by atoms with Crippen molar-refractivity contribution in [1.29, 1.82) is 0 Å². The van der Waals surface area contributed by atoms with E-state index in [2.05, 4.69) is 15.0 Å². The molecule has 3 aromatic rings. The van der Waals surface area contributed by atoms with Crippen LogP contribution in [0.1, 0.15) is 39.5 Å². The summed E-state index contributed by atoms with van der Waals surface area (Å²) in [5.74, 6) is -2.97. The summed E-state index contributed by atoms with van der Waals surface area (Å²) >= 11 is 0. The number of nitrogens with two attached hydrogens (primary N) is 1. The third-order valence-corrected chi connectivity index (χ3v) is 12.4. The van der Waals surface area contributed by atoms with Crippen molar-refractivity contribution in [3.8, 4) is 0 Å². The summed E-state index contributed by atoms with van der Waals surface area (Å²) in [6, 6.07) is 9.46. The Morgan fingerprint density at radius 3 is 2.10 bits per heavy atom. The zero-order valence-corrected chi connectivity index (χ0v) is 28.9. The van der Waals surface area contributed by atoms with Crippen LogP contribution < -0.4 is 5.73 Å². The number of ether oxygens (including phenoxy) is 7. The van der Waals surface area contributed by atoms with Crippen LogP contribution in [0.25, 0.3) is 11.2 Å². The molecular weight excluding hydrogens is 688 g/mol. The van der Waals surface area contributed by atoms with Crippen molar-refractivity contribution in [2.24, 2.45) is 0 Å². The lowest BCUT2D eigenvalue weighted by Crippen LogP contribution is -2.33. The Morgan fingerprint density at radius 1 is 0.837 bits per heavy atom. The summed E-state index contributed by atoms with van der Waals surface area (Å²) in [5.41, 5.74) is 7.61. The largest absolute Gasteiger partial charge is 0.382 e. The van der Waals surface area contributed by atoms with Crippen molar-refractivity contribution in [3.05, 3.63) is 48.5 Å². The predicted octanol–water partition coefficient (Wildman–Crippen LogP) is 2.65. The first-order chi connectivity index (χ1) is 23.1. The lowest BCUT2D eigenvalue weighted by atomic mass is 10.1. The maximum atomic E-state index is 13.1. The molecule has 2 aromatic heterocycles. The van der Waals surface area contributed by atoms with Gasteiger partial charge in [0.25, 0.3) is 0 Å². The van der Waals surface area contributed by atoms with E-state index in [4.69, 9.17) is 47.9 Å². The van der Waals surface area contributed by atoms with Gasteiger partial charge in [-0.3, -0.25) is 13.7 Å². The van der Waals surface area contributed by atoms with Crippen LogP contribution >= 0.6 is 15.2 Å². The Bertz CT molecular complexity index is 1760. The van der Waals surface area contributed by atoms with Gasteiger partial charge in [-0.1, -0.05) is 30.3 Å². The summed E-state index contributed by atoms with van der Waals surface area (Å²) in [4.78, 5) is 33.8. The van der Waals surface area contributed by atoms with Crippen molar-refractivity contribution in [1.82, 2.24) is 19.5 Å². The number of nitrogen functional groups attached to an aromatic ring is 1. The van der Waals surface area contributed by atoms with E-state index in [1.165, 1.54) is 12.7 Å². The first-order valence-electron chi connectivity index (χ1n) is 15.6. The smallest absolute Gasteiger partial charge is 0.340 e. The van der Waals surface area contributed by atoms with Crippen LogP contribution in [0, 0.1) is 0 Å². The average Bonchev–Trinajstić information content (AvgIpc) is 3.80. The van der Waals surface area contributed by atoms with Gasteiger partial charge >= 0.3 is 15.2 Å². The van der Waals surface area contributed by atoms with Crippen LogP contribution in [0.15, 0.2) is 43.0 Å². The van der Waals surface area contributed by atoms with Gasteiger partial charge in [0, 0.05) is 0 Å². The minimum Gasteiger partial charge on any atom is -0.382 e. The molecule has 18 nitrogen and oxygen atoms in total. The number of benzene rings is 1. The standard InChI is InChI=1S/C29H39N5O13P2/c1-28(2)44-20-17(42-26(22(20)46-28)34-14-33-19-24(30)31-13-32-25(19)34)11-40-48(35,36)15-49(37,38)41-12-18-21-23(47-29(3,4)45-21)27(43-18)39-10-16-8-6-5-7-9-16/h5-9,13-14,17-18,20-23,26-27H,10-12,15H2,1-4H3,(H,35,36)(H,37,38)(H2,30,31,32). The van der Waals surface area contributed by atoms with Gasteiger partial charge in [0.2, 0.25) is 0 Å². The maximum absolute atomic E-state index is 13.1. The Labute approximate surface area is 281 Å². The molecule has 10 unspecified atom stereocenters. The molecule has 1 aromatic carbocycles. The van der Waals surface area contributed by atoms with Crippen molar-refractivity contribution < 1.29 is 61.1 Å². The molecule has 4 aliphatic rings. The normalized spacial score (nSPS) is 34.1. The summed E-state index contributed by atoms with van der Waals surface area (Å²) in [5, 5.41) is 0. The maximum Gasteiger partial charge on any atom is 0.340 e. The molecule has 0 aliphatic carbocycles. The molecule has 7 rings (SSSR count). The van der Waals surface area contributed by atoms with Gasteiger partial charge in [0.05, 0.1) is 26.1 Å². The first kappa shape index (κ1) is 35.0. The van der Waals surface area contributed by atoms with Crippen LogP contribution in [0.2, 0.25) is 0 Å². The summed E-state index contributed by atoms with van der Waals surface area (Å²) in [7, 11) is -9.41. The van der Waals surface area contributed by atoms with Gasteiger partial charge in [-0.2, -0.15) is 0 Å². The molecule has 0 spiro atoms. The minimum atomic E-state index is -4.71. The van der Waals surface area contributed by atoms with E-state index in [9.17, 15) is 18.9 Å². The van der Waals surface area contributed by atoms with Crippen molar-refractivity contribution in [3.63, 3.8) is 0 Å².